The van der Waals surface area contributed by atoms with Gasteiger partial charge in [-0.1, -0.05) is 6.07 Å². The molecule has 0 atom stereocenters. The van der Waals surface area contributed by atoms with Gasteiger partial charge in [-0.15, -0.1) is 11.3 Å². The molecule has 1 aromatic rings. The Kier molecular flexibility index (Phi) is 4.90. The Hall–Kier alpha value is -1.36. The molecule has 0 saturated carbocycles. The van der Waals surface area contributed by atoms with Gasteiger partial charge in [0.1, 0.15) is 0 Å². The maximum absolute atomic E-state index is 12.4. The highest BCUT2D eigenvalue weighted by molar-refractivity contribution is 7.10. The third-order valence-corrected chi connectivity index (χ3v) is 4.13. The zero-order valence-corrected chi connectivity index (χ0v) is 11.8. The van der Waals surface area contributed by atoms with E-state index in [9.17, 15) is 9.59 Å². The summed E-state index contributed by atoms with van der Waals surface area (Å²) in [5, 5.41) is 10.6. The molecule has 0 radical (unpaired) electrons. The van der Waals surface area contributed by atoms with Crippen LogP contribution < -0.4 is 0 Å². The van der Waals surface area contributed by atoms with Crippen molar-refractivity contribution in [1.29, 1.82) is 0 Å². The predicted molar refractivity (Wildman–Crippen MR) is 71.9 cm³/mol. The smallest absolute Gasteiger partial charge is 0.305 e. The summed E-state index contributed by atoms with van der Waals surface area (Å²) in [5.41, 5.74) is -0.595. The lowest BCUT2D eigenvalue weighted by atomic mass is 9.89. The quantitative estimate of drug-likeness (QED) is 0.862. The highest BCUT2D eigenvalue weighted by Crippen LogP contribution is 2.29. The minimum Gasteiger partial charge on any atom is -0.481 e. The number of carboxylic acid groups (broad SMARTS) is 1. The van der Waals surface area contributed by atoms with Crippen LogP contribution in [0, 0.1) is 0 Å². The first-order valence-electron chi connectivity index (χ1n) is 5.94. The van der Waals surface area contributed by atoms with E-state index in [-0.39, 0.29) is 18.9 Å². The van der Waals surface area contributed by atoms with E-state index in [4.69, 9.17) is 5.11 Å². The molecule has 0 aliphatic carbocycles. The summed E-state index contributed by atoms with van der Waals surface area (Å²) in [5.74, 6) is -0.899. The fraction of sp³-hybridized carbons (Fsp3) is 0.538. The lowest BCUT2D eigenvalue weighted by Crippen LogP contribution is -2.43. The fourth-order valence-electron chi connectivity index (χ4n) is 1.77. The number of likely N-dealkylation sites (N-methyl/N-ethyl adjacent to an activating group) is 1. The molecule has 18 heavy (non-hydrogen) atoms. The van der Waals surface area contributed by atoms with Crippen molar-refractivity contribution >= 4 is 23.2 Å². The van der Waals surface area contributed by atoms with E-state index >= 15 is 0 Å². The van der Waals surface area contributed by atoms with Crippen molar-refractivity contribution in [2.75, 3.05) is 13.1 Å². The van der Waals surface area contributed by atoms with Crippen molar-refractivity contribution in [2.45, 2.75) is 32.6 Å². The van der Waals surface area contributed by atoms with Crippen LogP contribution in [0.3, 0.4) is 0 Å². The number of rotatable bonds is 6. The Morgan fingerprint density at radius 3 is 2.56 bits per heavy atom. The molecule has 1 aromatic heterocycles. The summed E-state index contributed by atoms with van der Waals surface area (Å²) >= 11 is 1.55. The molecule has 0 unspecified atom stereocenters. The van der Waals surface area contributed by atoms with Crippen molar-refractivity contribution in [3.8, 4) is 0 Å². The maximum atomic E-state index is 12.4. The van der Waals surface area contributed by atoms with Crippen molar-refractivity contribution in [3.63, 3.8) is 0 Å². The molecule has 0 aliphatic rings. The van der Waals surface area contributed by atoms with Crippen LogP contribution in [0.2, 0.25) is 0 Å². The van der Waals surface area contributed by atoms with Crippen molar-refractivity contribution in [2.24, 2.45) is 0 Å². The first-order valence-corrected chi connectivity index (χ1v) is 6.82. The molecule has 1 heterocycles. The zero-order chi connectivity index (χ0) is 13.8. The first kappa shape index (κ1) is 14.7. The molecule has 0 aliphatic heterocycles. The van der Waals surface area contributed by atoms with Crippen molar-refractivity contribution in [1.82, 2.24) is 4.90 Å². The number of carboxylic acids is 1. The fourth-order valence-corrected chi connectivity index (χ4v) is 2.61. The number of nitrogens with zero attached hydrogens (tertiary/aromatic N) is 1. The molecule has 4 nitrogen and oxygen atoms in total. The van der Waals surface area contributed by atoms with Gasteiger partial charge in [0.25, 0.3) is 0 Å². The van der Waals surface area contributed by atoms with E-state index in [0.717, 1.165) is 4.88 Å². The molecule has 0 fully saturated rings. The zero-order valence-electron chi connectivity index (χ0n) is 11.0. The van der Waals surface area contributed by atoms with Gasteiger partial charge in [-0.3, -0.25) is 9.59 Å². The monoisotopic (exact) mass is 269 g/mol. The second-order valence-electron chi connectivity index (χ2n) is 4.63. The highest BCUT2D eigenvalue weighted by atomic mass is 32.1. The van der Waals surface area contributed by atoms with E-state index in [1.54, 1.807) is 16.2 Å². The normalized spacial score (nSPS) is 11.3. The van der Waals surface area contributed by atoms with Crippen LogP contribution in [0.15, 0.2) is 17.5 Å². The van der Waals surface area contributed by atoms with Crippen LogP contribution in [-0.2, 0) is 15.0 Å². The van der Waals surface area contributed by atoms with Crippen LogP contribution in [0.25, 0.3) is 0 Å². The van der Waals surface area contributed by atoms with Crippen molar-refractivity contribution in [3.05, 3.63) is 22.4 Å². The predicted octanol–water partition coefficient (Wildman–Crippen LogP) is 2.35. The second kappa shape index (κ2) is 6.00. The molecule has 0 bridgehead atoms. The Bertz CT molecular complexity index is 412. The van der Waals surface area contributed by atoms with Gasteiger partial charge in [-0.2, -0.15) is 0 Å². The molecular weight excluding hydrogens is 250 g/mol. The molecule has 0 aromatic carbocycles. The third-order valence-electron chi connectivity index (χ3n) is 2.94. The van der Waals surface area contributed by atoms with E-state index in [1.807, 2.05) is 38.3 Å². The standard InChI is InChI=1S/C13H19NO3S/c1-4-14(8-7-11(15)16)12(17)13(2,3)10-6-5-9-18-10/h5-6,9H,4,7-8H2,1-3H3,(H,15,16). The minimum absolute atomic E-state index is 0.0138. The van der Waals surface area contributed by atoms with E-state index in [2.05, 4.69) is 0 Å². The SMILES string of the molecule is CCN(CCC(=O)O)C(=O)C(C)(C)c1cccs1. The summed E-state index contributed by atoms with van der Waals surface area (Å²) in [6, 6.07) is 3.86. The van der Waals surface area contributed by atoms with Gasteiger partial charge in [-0.25, -0.2) is 0 Å². The van der Waals surface area contributed by atoms with Crippen LogP contribution in [0.5, 0.6) is 0 Å². The lowest BCUT2D eigenvalue weighted by molar-refractivity contribution is -0.140. The largest absolute Gasteiger partial charge is 0.481 e. The van der Waals surface area contributed by atoms with E-state index in [1.165, 1.54) is 0 Å². The summed E-state index contributed by atoms with van der Waals surface area (Å²) < 4.78 is 0. The Morgan fingerprint density at radius 2 is 2.11 bits per heavy atom. The van der Waals surface area contributed by atoms with Crippen LogP contribution in [-0.4, -0.2) is 35.0 Å². The van der Waals surface area contributed by atoms with Gasteiger partial charge in [-0.05, 0) is 32.2 Å². The maximum Gasteiger partial charge on any atom is 0.305 e. The summed E-state index contributed by atoms with van der Waals surface area (Å²) in [4.78, 5) is 25.6. The van der Waals surface area contributed by atoms with Crippen molar-refractivity contribution < 1.29 is 14.7 Å². The average Bonchev–Trinajstić information content (AvgIpc) is 2.83. The van der Waals surface area contributed by atoms with Gasteiger partial charge in [0.2, 0.25) is 5.91 Å². The van der Waals surface area contributed by atoms with Gasteiger partial charge in [0.15, 0.2) is 0 Å². The topological polar surface area (TPSA) is 57.6 Å². The molecule has 1 N–H and O–H groups in total. The number of hydrogen-bond donors (Lipinski definition) is 1. The molecule has 100 valence electrons. The van der Waals surface area contributed by atoms with Crippen LogP contribution in [0.1, 0.15) is 32.1 Å². The van der Waals surface area contributed by atoms with Gasteiger partial charge < -0.3 is 10.0 Å². The molecular formula is C13H19NO3S. The Morgan fingerprint density at radius 1 is 1.44 bits per heavy atom. The molecule has 0 saturated heterocycles. The lowest BCUT2D eigenvalue weighted by Gasteiger charge is -2.30. The first-order chi connectivity index (χ1) is 8.39. The summed E-state index contributed by atoms with van der Waals surface area (Å²) in [6.45, 7) is 6.42. The molecule has 1 rings (SSSR count). The van der Waals surface area contributed by atoms with E-state index in [0.29, 0.717) is 6.54 Å². The van der Waals surface area contributed by atoms with Gasteiger partial charge in [0, 0.05) is 18.0 Å². The molecule has 1 amide bonds. The number of thiophene rings is 1. The van der Waals surface area contributed by atoms with Gasteiger partial charge in [0.05, 0.1) is 11.8 Å². The summed E-state index contributed by atoms with van der Waals surface area (Å²) in [7, 11) is 0. The second-order valence-corrected chi connectivity index (χ2v) is 5.58. The Balaban J connectivity index is 2.80. The van der Waals surface area contributed by atoms with Crippen LogP contribution in [0.4, 0.5) is 0 Å². The third kappa shape index (κ3) is 3.32. The Labute approximate surface area is 111 Å². The average molecular weight is 269 g/mol. The molecule has 0 spiro atoms. The molecule has 5 heteroatoms. The van der Waals surface area contributed by atoms with E-state index < -0.39 is 11.4 Å². The number of carbonyl (C=O) groups is 2. The minimum atomic E-state index is -0.879. The number of carbonyl (C=O) groups excluding carboxylic acids is 1. The van der Waals surface area contributed by atoms with Gasteiger partial charge >= 0.3 is 5.97 Å². The highest BCUT2D eigenvalue weighted by Gasteiger charge is 2.34. The number of hydrogen-bond acceptors (Lipinski definition) is 3. The summed E-state index contributed by atoms with van der Waals surface area (Å²) in [6.07, 6.45) is -0.0138. The van der Waals surface area contributed by atoms with Crippen LogP contribution >= 0.6 is 11.3 Å². The number of amides is 1. The number of aliphatic carboxylic acids is 1.